The van der Waals surface area contributed by atoms with E-state index in [0.717, 1.165) is 4.57 Å². The van der Waals surface area contributed by atoms with Crippen LogP contribution in [0.1, 0.15) is 46.0 Å². The summed E-state index contributed by atoms with van der Waals surface area (Å²) in [7, 11) is 0. The Morgan fingerprint density at radius 1 is 0.764 bits per heavy atom. The van der Waals surface area contributed by atoms with Gasteiger partial charge in [0.1, 0.15) is 51.3 Å². The van der Waals surface area contributed by atoms with Crippen molar-refractivity contribution in [3.05, 3.63) is 95.6 Å². The third-order valence-corrected chi connectivity index (χ3v) is 10.1. The number of phenolic OH excluding ortho intramolecular Hbond substituents is 2. The zero-order valence-electron chi connectivity index (χ0n) is 28.2. The Bertz CT molecular complexity index is 2500. The molecule has 0 aliphatic heterocycles. The van der Waals surface area contributed by atoms with E-state index in [1.165, 1.54) is 45.9 Å². The average Bonchev–Trinajstić information content (AvgIpc) is 3.78. The van der Waals surface area contributed by atoms with Gasteiger partial charge in [-0.1, -0.05) is 74.8 Å². The lowest BCUT2D eigenvalue weighted by molar-refractivity contribution is -0.145. The first-order valence-electron chi connectivity index (χ1n) is 15.9. The summed E-state index contributed by atoms with van der Waals surface area (Å²) in [6.07, 6.45) is 2.97. The van der Waals surface area contributed by atoms with E-state index in [-0.39, 0.29) is 96.2 Å². The summed E-state index contributed by atoms with van der Waals surface area (Å²) in [5.41, 5.74) is -0.250. The molecule has 0 spiro atoms. The molecule has 0 amide bonds. The quantitative estimate of drug-likeness (QED) is 0.0657. The molecule has 2 aromatic carbocycles. The molecule has 0 radical (unpaired) electrons. The van der Waals surface area contributed by atoms with Gasteiger partial charge in [0.2, 0.25) is 11.6 Å². The van der Waals surface area contributed by atoms with Gasteiger partial charge in [-0.05, 0) is 44.2 Å². The third-order valence-electron chi connectivity index (χ3n) is 7.97. The van der Waals surface area contributed by atoms with Gasteiger partial charge in [-0.3, -0.25) is 33.5 Å². The van der Waals surface area contributed by atoms with Gasteiger partial charge < -0.3 is 24.7 Å². The summed E-state index contributed by atoms with van der Waals surface area (Å²) >= 11 is 39.1. The van der Waals surface area contributed by atoms with Gasteiger partial charge in [-0.2, -0.15) is 0 Å². The molecule has 0 unspecified atom stereocenters. The molecule has 0 aliphatic carbocycles. The number of rotatable bonds is 13. The lowest BCUT2D eigenvalue weighted by Crippen LogP contribution is -2.19. The maximum absolute atomic E-state index is 14.1. The van der Waals surface area contributed by atoms with Gasteiger partial charge >= 0.3 is 11.9 Å². The van der Waals surface area contributed by atoms with Crippen LogP contribution in [0.3, 0.4) is 0 Å². The molecule has 4 N–H and O–H groups in total. The molecule has 0 fully saturated rings. The molecule has 4 aromatic heterocycles. The van der Waals surface area contributed by atoms with E-state index in [1.54, 1.807) is 20.0 Å². The molecule has 6 rings (SSSR count). The van der Waals surface area contributed by atoms with E-state index in [4.69, 9.17) is 79.1 Å². The van der Waals surface area contributed by atoms with Crippen molar-refractivity contribution in [1.82, 2.24) is 34.3 Å². The van der Waals surface area contributed by atoms with Gasteiger partial charge in [0.05, 0.1) is 62.7 Å². The van der Waals surface area contributed by atoms with Crippen LogP contribution in [-0.2, 0) is 32.2 Å². The van der Waals surface area contributed by atoms with E-state index in [9.17, 15) is 29.4 Å². The minimum Gasteiger partial charge on any atom is -0.507 e. The fourth-order valence-electron chi connectivity index (χ4n) is 5.52. The van der Waals surface area contributed by atoms with Crippen LogP contribution < -0.4 is 0 Å². The highest BCUT2D eigenvalue weighted by molar-refractivity contribution is 6.45. The number of H-pyrrole nitrogens is 2. The number of aromatic hydroxyl groups is 2. The zero-order valence-corrected chi connectivity index (χ0v) is 32.8. The zero-order chi connectivity index (χ0) is 39.9. The summed E-state index contributed by atoms with van der Waals surface area (Å²) in [6, 6.07) is 6.02. The Morgan fingerprint density at radius 2 is 1.35 bits per heavy atom. The van der Waals surface area contributed by atoms with Crippen molar-refractivity contribution in [3.8, 4) is 39.7 Å². The second kappa shape index (κ2) is 16.1. The number of halogens is 6. The minimum atomic E-state index is -0.881. The van der Waals surface area contributed by atoms with Crippen LogP contribution in [-0.4, -0.2) is 81.3 Å². The molecule has 286 valence electrons. The number of ether oxygens (including phenoxy) is 2. The molecule has 0 aliphatic rings. The number of phenols is 2. The van der Waals surface area contributed by atoms with Gasteiger partial charge in [0.15, 0.2) is 0 Å². The monoisotopic (exact) mass is 869 g/mol. The van der Waals surface area contributed by atoms with E-state index in [1.807, 2.05) is 0 Å². The number of hydrogen-bond acceptors (Lipinski definition) is 10. The Hall–Kier alpha value is -4.90. The predicted molar refractivity (Wildman–Crippen MR) is 203 cm³/mol. The molecular formula is C34H25Cl6N7O8. The number of nitrogens with one attached hydrogen (secondary N) is 2. The van der Waals surface area contributed by atoms with Crippen LogP contribution in [0.25, 0.3) is 28.2 Å². The van der Waals surface area contributed by atoms with E-state index < -0.39 is 35.0 Å². The third kappa shape index (κ3) is 7.81. The van der Waals surface area contributed by atoms with Crippen molar-refractivity contribution in [2.24, 2.45) is 0 Å². The lowest BCUT2D eigenvalue weighted by Gasteiger charge is -2.17. The first-order valence-corrected chi connectivity index (χ1v) is 18.2. The highest BCUT2D eigenvalue weighted by Gasteiger charge is 2.32. The lowest BCUT2D eigenvalue weighted by atomic mass is 10.0. The van der Waals surface area contributed by atoms with Crippen molar-refractivity contribution in [3.63, 3.8) is 0 Å². The average molecular weight is 872 g/mol. The number of ketones is 2. The first-order chi connectivity index (χ1) is 26.1. The van der Waals surface area contributed by atoms with Crippen molar-refractivity contribution in [1.29, 1.82) is 0 Å². The Morgan fingerprint density at radius 3 is 1.98 bits per heavy atom. The summed E-state index contributed by atoms with van der Waals surface area (Å²) in [5.74, 6) is -3.73. The highest BCUT2D eigenvalue weighted by atomic mass is 35.5. The highest BCUT2D eigenvalue weighted by Crippen LogP contribution is 2.42. The van der Waals surface area contributed by atoms with Crippen LogP contribution in [0.15, 0.2) is 42.7 Å². The molecule has 21 heteroatoms. The second-order valence-electron chi connectivity index (χ2n) is 11.5. The standard InChI is InChI=1S/C34H25Cl6N7O8/c1-3-54-26(50)12-45-11-22(43-45)15-8-24(48)16(5-19(15)36)31(52)23-9-20(37)34(40)47(23)30-28(38)33(39)41-29(30)32(53)17-6-18(35)14(7-25(17)49)21-10-46(44-42-21)13-27(51)55-4-2/h5-11,41,43,48-49H,3-4,12-13H2,1-2H3. The second-order valence-corrected chi connectivity index (χ2v) is 13.9. The number of aromatic nitrogens is 7. The Kier molecular flexibility index (Phi) is 11.6. The van der Waals surface area contributed by atoms with Crippen molar-refractivity contribution in [2.75, 3.05) is 13.2 Å². The molecule has 0 atom stereocenters. The fourth-order valence-corrected chi connectivity index (χ4v) is 6.88. The number of aromatic amines is 2. The molecule has 0 saturated heterocycles. The SMILES string of the molecule is CCOC(=O)Cn1cc(-c2cc(O)c(C(=O)c3[nH]c(Cl)c(Cl)c3-n3c(C(=O)c4cc(Cl)c(-c5cn(CC(=O)OCC)[nH]5)cc4O)cc(Cl)c3Cl)cc2Cl)nn1. The summed E-state index contributed by atoms with van der Waals surface area (Å²) in [4.78, 5) is 54.5. The van der Waals surface area contributed by atoms with E-state index >= 15 is 0 Å². The van der Waals surface area contributed by atoms with E-state index in [2.05, 4.69) is 20.4 Å². The molecule has 15 nitrogen and oxygen atoms in total. The Balaban J connectivity index is 1.34. The molecule has 6 aromatic rings. The van der Waals surface area contributed by atoms with Crippen molar-refractivity contribution in [2.45, 2.75) is 26.9 Å². The molecule has 0 saturated carbocycles. The van der Waals surface area contributed by atoms with Crippen molar-refractivity contribution >= 4 is 93.1 Å². The van der Waals surface area contributed by atoms with Gasteiger partial charge in [0, 0.05) is 17.3 Å². The summed E-state index contributed by atoms with van der Waals surface area (Å²) < 4.78 is 13.6. The van der Waals surface area contributed by atoms with E-state index in [0.29, 0.717) is 11.3 Å². The maximum Gasteiger partial charge on any atom is 0.327 e. The minimum absolute atomic E-state index is 0.0251. The predicted octanol–water partition coefficient (Wildman–Crippen LogP) is 7.78. The maximum atomic E-state index is 14.1. The molecule has 4 heterocycles. The molecular weight excluding hydrogens is 847 g/mol. The van der Waals surface area contributed by atoms with Crippen LogP contribution in [0.2, 0.25) is 30.4 Å². The van der Waals surface area contributed by atoms with Crippen LogP contribution >= 0.6 is 69.6 Å². The molecule has 55 heavy (non-hydrogen) atoms. The first kappa shape index (κ1) is 39.8. The van der Waals surface area contributed by atoms with Crippen LogP contribution in [0.4, 0.5) is 0 Å². The largest absolute Gasteiger partial charge is 0.507 e. The number of carbonyl (C=O) groups excluding carboxylic acids is 4. The normalized spacial score (nSPS) is 11.3. The molecule has 0 bridgehead atoms. The smallest absolute Gasteiger partial charge is 0.327 e. The number of hydrogen-bond donors (Lipinski definition) is 4. The summed E-state index contributed by atoms with van der Waals surface area (Å²) in [5, 5.41) is 32.0. The van der Waals surface area contributed by atoms with Gasteiger partial charge in [0.25, 0.3) is 0 Å². The topological polar surface area (TPSA) is 199 Å². The number of nitrogens with zero attached hydrogens (tertiary/aromatic N) is 5. The van der Waals surface area contributed by atoms with Crippen LogP contribution in [0, 0.1) is 0 Å². The Labute approximate surface area is 340 Å². The number of carbonyl (C=O) groups is 4. The van der Waals surface area contributed by atoms with Crippen molar-refractivity contribution < 1.29 is 38.9 Å². The number of benzene rings is 2. The van der Waals surface area contributed by atoms with Gasteiger partial charge in [-0.15, -0.1) is 5.10 Å². The van der Waals surface area contributed by atoms with Crippen LogP contribution in [0.5, 0.6) is 11.5 Å². The fraction of sp³-hybridized carbons (Fsp3) is 0.176. The van der Waals surface area contributed by atoms with Gasteiger partial charge in [-0.25, -0.2) is 4.68 Å². The summed E-state index contributed by atoms with van der Waals surface area (Å²) in [6.45, 7) is 3.46. The number of esters is 2.